The number of hydrogen-bond acceptors (Lipinski definition) is 7. The molecule has 0 radical (unpaired) electrons. The van der Waals surface area contributed by atoms with Gasteiger partial charge in [-0.15, -0.1) is 11.3 Å². The van der Waals surface area contributed by atoms with Crippen LogP contribution in [0.25, 0.3) is 20.7 Å². The molecule has 0 aliphatic heterocycles. The number of nitrogens with zero attached hydrogens (tertiary/aromatic N) is 2. The van der Waals surface area contributed by atoms with Crippen LogP contribution in [0.2, 0.25) is 5.02 Å². The summed E-state index contributed by atoms with van der Waals surface area (Å²) in [6.07, 6.45) is 0.730. The van der Waals surface area contributed by atoms with Crippen molar-refractivity contribution in [2.45, 2.75) is 39.9 Å². The summed E-state index contributed by atoms with van der Waals surface area (Å²) in [5.74, 6) is -0.848. The molecule has 0 bridgehead atoms. The largest absolute Gasteiger partial charge is 0.514 e. The number of rotatable bonds is 11. The summed E-state index contributed by atoms with van der Waals surface area (Å²) < 4.78 is 27.1. The number of ether oxygens (including phenoxy) is 2. The maximum atomic E-state index is 15.0. The summed E-state index contributed by atoms with van der Waals surface area (Å²) in [6.45, 7) is 4.43. The van der Waals surface area contributed by atoms with Crippen molar-refractivity contribution in [3.63, 3.8) is 0 Å². The monoisotopic (exact) mass is 661 g/mol. The van der Waals surface area contributed by atoms with Crippen LogP contribution in [0, 0.1) is 5.82 Å². The Kier molecular flexibility index (Phi) is 10.5. The summed E-state index contributed by atoms with van der Waals surface area (Å²) in [5, 5.41) is 3.43. The Balaban J connectivity index is 1.70. The van der Waals surface area contributed by atoms with Crippen molar-refractivity contribution in [1.82, 2.24) is 9.47 Å². The number of carbonyl (C=O) groups is 2. The molecule has 0 aliphatic carbocycles. The molecule has 0 fully saturated rings. The number of hydrogen-bond donors (Lipinski definition) is 1. The second kappa shape index (κ2) is 14.7. The van der Waals surface area contributed by atoms with E-state index in [2.05, 4.69) is 10.2 Å². The fourth-order valence-electron chi connectivity index (χ4n) is 5.11. The molecular formula is C35H33ClFN3O5S. The minimum Gasteiger partial charge on any atom is -0.434 e. The van der Waals surface area contributed by atoms with Gasteiger partial charge in [-0.1, -0.05) is 67.1 Å². The lowest BCUT2D eigenvalue weighted by atomic mass is 10.0. The van der Waals surface area contributed by atoms with Gasteiger partial charge in [0.05, 0.1) is 24.7 Å². The molecule has 0 spiro atoms. The molecular weight excluding hydrogens is 629 g/mol. The lowest BCUT2D eigenvalue weighted by Crippen LogP contribution is -2.21. The number of nitrogens with one attached hydrogen (secondary N) is 1. The molecule has 0 unspecified atom stereocenters. The second-order valence-electron chi connectivity index (χ2n) is 10.7. The summed E-state index contributed by atoms with van der Waals surface area (Å²) >= 11 is 7.78. The number of amides is 1. The fourth-order valence-corrected chi connectivity index (χ4v) is 6.62. The first-order chi connectivity index (χ1) is 22.2. The Morgan fingerprint density at radius 2 is 1.72 bits per heavy atom. The molecule has 3 aromatic carbocycles. The molecule has 2 aromatic heterocycles. The van der Waals surface area contributed by atoms with E-state index in [-0.39, 0.29) is 35.4 Å². The fraction of sp³-hybridized carbons (Fsp3) is 0.229. The van der Waals surface area contributed by atoms with E-state index in [0.717, 1.165) is 21.6 Å². The highest BCUT2D eigenvalue weighted by atomic mass is 35.5. The van der Waals surface area contributed by atoms with Crippen molar-refractivity contribution >= 4 is 50.9 Å². The SMILES string of the molecule is CCOC(=O)Oc1cn(Cc2c(F)cccc2Cl)c2sc(-c3ccc(NC(=O)CC)cc3)c(CN(C)Cc3ccccc3)c2c1=O. The lowest BCUT2D eigenvalue weighted by Gasteiger charge is -2.18. The molecule has 0 saturated carbocycles. The number of anilines is 1. The highest BCUT2D eigenvalue weighted by Crippen LogP contribution is 2.40. The van der Waals surface area contributed by atoms with Crippen molar-refractivity contribution in [2.24, 2.45) is 0 Å². The number of pyridine rings is 1. The minimum atomic E-state index is -1.02. The van der Waals surface area contributed by atoms with E-state index in [1.807, 2.05) is 61.6 Å². The van der Waals surface area contributed by atoms with Gasteiger partial charge in [-0.2, -0.15) is 0 Å². The topological polar surface area (TPSA) is 89.9 Å². The predicted octanol–water partition coefficient (Wildman–Crippen LogP) is 8.09. The van der Waals surface area contributed by atoms with Crippen LogP contribution in [0.5, 0.6) is 5.75 Å². The van der Waals surface area contributed by atoms with E-state index >= 15 is 4.39 Å². The Morgan fingerprint density at radius 1 is 0.978 bits per heavy atom. The average Bonchev–Trinajstić information content (AvgIpc) is 3.41. The third-order valence-electron chi connectivity index (χ3n) is 7.29. The van der Waals surface area contributed by atoms with Gasteiger partial charge < -0.3 is 19.4 Å². The van der Waals surface area contributed by atoms with Crippen molar-refractivity contribution in [3.8, 4) is 16.2 Å². The molecule has 5 rings (SSSR count). The molecule has 11 heteroatoms. The molecule has 1 N–H and O–H groups in total. The van der Waals surface area contributed by atoms with Gasteiger partial charge in [0.15, 0.2) is 5.75 Å². The third kappa shape index (κ3) is 7.47. The van der Waals surface area contributed by atoms with Crippen LogP contribution in [0.3, 0.4) is 0 Å². The second-order valence-corrected chi connectivity index (χ2v) is 12.1. The van der Waals surface area contributed by atoms with Crippen LogP contribution in [0.15, 0.2) is 83.8 Å². The highest BCUT2D eigenvalue weighted by Gasteiger charge is 2.25. The van der Waals surface area contributed by atoms with Crippen LogP contribution in [-0.4, -0.2) is 35.2 Å². The number of aromatic nitrogens is 1. The molecule has 0 atom stereocenters. The van der Waals surface area contributed by atoms with E-state index in [9.17, 15) is 14.4 Å². The predicted molar refractivity (Wildman–Crippen MR) is 180 cm³/mol. The normalized spacial score (nSPS) is 11.2. The van der Waals surface area contributed by atoms with Crippen LogP contribution in [0.4, 0.5) is 14.9 Å². The zero-order valence-electron chi connectivity index (χ0n) is 25.6. The Bertz CT molecular complexity index is 1910. The quantitative estimate of drug-likeness (QED) is 0.144. The smallest absolute Gasteiger partial charge is 0.434 e. The summed E-state index contributed by atoms with van der Waals surface area (Å²) in [5.41, 5.74) is 3.03. The highest BCUT2D eigenvalue weighted by molar-refractivity contribution is 7.22. The van der Waals surface area contributed by atoms with E-state index < -0.39 is 17.4 Å². The van der Waals surface area contributed by atoms with Crippen molar-refractivity contribution in [3.05, 3.63) is 117 Å². The Morgan fingerprint density at radius 3 is 2.39 bits per heavy atom. The third-order valence-corrected chi connectivity index (χ3v) is 8.97. The van der Waals surface area contributed by atoms with Gasteiger partial charge in [0, 0.05) is 40.7 Å². The maximum absolute atomic E-state index is 15.0. The molecule has 2 heterocycles. The van der Waals surface area contributed by atoms with E-state index in [1.54, 1.807) is 24.5 Å². The molecule has 238 valence electrons. The Hall–Kier alpha value is -4.51. The number of fused-ring (bicyclic) bond motifs is 1. The van der Waals surface area contributed by atoms with Gasteiger partial charge in [-0.25, -0.2) is 9.18 Å². The van der Waals surface area contributed by atoms with Gasteiger partial charge in [0.2, 0.25) is 11.3 Å². The van der Waals surface area contributed by atoms with Crippen LogP contribution in [-0.2, 0) is 29.2 Å². The number of halogens is 2. The molecule has 1 amide bonds. The average molecular weight is 662 g/mol. The summed E-state index contributed by atoms with van der Waals surface area (Å²) in [4.78, 5) is 41.9. The minimum absolute atomic E-state index is 0.0251. The van der Waals surface area contributed by atoms with Gasteiger partial charge in [-0.05, 0) is 54.9 Å². The van der Waals surface area contributed by atoms with E-state index in [4.69, 9.17) is 21.1 Å². The van der Waals surface area contributed by atoms with Gasteiger partial charge >= 0.3 is 6.16 Å². The first kappa shape index (κ1) is 32.9. The van der Waals surface area contributed by atoms with Crippen molar-refractivity contribution < 1.29 is 23.5 Å². The summed E-state index contributed by atoms with van der Waals surface area (Å²) in [7, 11) is 1.96. The standard InChI is InChI=1S/C35H33ClFN3O5S/c1-4-30(41)38-24-16-14-23(15-17-24)33-26(19-39(3)18-22-10-7-6-8-11-22)31-32(42)29(45-35(43)44-5-2)21-40(34(31)46-33)20-25-27(36)12-9-13-28(25)37/h6-17,21H,4-5,18-20H2,1-3H3,(H,38,41). The van der Waals surface area contributed by atoms with Crippen molar-refractivity contribution in [1.29, 1.82) is 0 Å². The van der Waals surface area contributed by atoms with Crippen LogP contribution >= 0.6 is 22.9 Å². The zero-order chi connectivity index (χ0) is 32.8. The lowest BCUT2D eigenvalue weighted by molar-refractivity contribution is -0.115. The number of thiophene rings is 1. The molecule has 46 heavy (non-hydrogen) atoms. The molecule has 8 nitrogen and oxygen atoms in total. The van der Waals surface area contributed by atoms with Crippen LogP contribution in [0.1, 0.15) is 37.0 Å². The van der Waals surface area contributed by atoms with E-state index in [0.29, 0.717) is 35.4 Å². The van der Waals surface area contributed by atoms with E-state index in [1.165, 1.54) is 29.7 Å². The van der Waals surface area contributed by atoms with Gasteiger partial charge in [-0.3, -0.25) is 14.5 Å². The van der Waals surface area contributed by atoms with Crippen molar-refractivity contribution in [2.75, 3.05) is 19.0 Å². The number of benzene rings is 3. The first-order valence-electron chi connectivity index (χ1n) is 14.8. The number of carbonyl (C=O) groups excluding carboxylic acids is 2. The molecule has 0 saturated heterocycles. The maximum Gasteiger partial charge on any atom is 0.514 e. The molecule has 5 aromatic rings. The first-order valence-corrected chi connectivity index (χ1v) is 16.0. The van der Waals surface area contributed by atoms with Crippen LogP contribution < -0.4 is 15.5 Å². The van der Waals surface area contributed by atoms with Gasteiger partial charge in [0.1, 0.15) is 10.6 Å². The zero-order valence-corrected chi connectivity index (χ0v) is 27.2. The molecule has 0 aliphatic rings. The summed E-state index contributed by atoms with van der Waals surface area (Å²) in [6, 6.07) is 21.8. The Labute approximate surface area is 274 Å². The van der Waals surface area contributed by atoms with Gasteiger partial charge in [0.25, 0.3) is 0 Å².